The Balaban J connectivity index is 2.43. The lowest BCUT2D eigenvalue weighted by atomic mass is 10.1. The first-order chi connectivity index (χ1) is 5.36. The maximum atomic E-state index is 5.63. The Bertz CT molecular complexity index is 274. The van der Waals surface area contributed by atoms with Crippen LogP contribution < -0.4 is 5.32 Å². The molecule has 0 bridgehead atoms. The van der Waals surface area contributed by atoms with E-state index in [-0.39, 0.29) is 0 Å². The van der Waals surface area contributed by atoms with Crippen LogP contribution in [0.2, 0.25) is 5.28 Å². The highest BCUT2D eigenvalue weighted by Crippen LogP contribution is 2.11. The third-order valence-electron chi connectivity index (χ3n) is 1.79. The molecule has 1 aliphatic heterocycles. The van der Waals surface area contributed by atoms with Crippen LogP contribution in [0.1, 0.15) is 11.3 Å². The predicted octanol–water partition coefficient (Wildman–Crippen LogP) is 0.776. The van der Waals surface area contributed by atoms with Crippen molar-refractivity contribution in [2.45, 2.75) is 13.0 Å². The normalized spacial score (nSPS) is 16.1. The van der Waals surface area contributed by atoms with Gasteiger partial charge >= 0.3 is 0 Å². The van der Waals surface area contributed by atoms with Crippen LogP contribution in [0.15, 0.2) is 6.20 Å². The Hall–Kier alpha value is -0.670. The first-order valence-electron chi connectivity index (χ1n) is 3.57. The average molecular weight is 170 g/mol. The SMILES string of the molecule is Clc1ncc2c(n1)CNCC2. The van der Waals surface area contributed by atoms with Crippen LogP contribution in [-0.2, 0) is 13.0 Å². The van der Waals surface area contributed by atoms with Crippen molar-refractivity contribution >= 4 is 11.6 Å². The van der Waals surface area contributed by atoms with Crippen molar-refractivity contribution in [2.75, 3.05) is 6.54 Å². The largest absolute Gasteiger partial charge is 0.311 e. The number of rotatable bonds is 0. The van der Waals surface area contributed by atoms with E-state index >= 15 is 0 Å². The number of hydrogen-bond donors (Lipinski definition) is 1. The van der Waals surface area contributed by atoms with Gasteiger partial charge in [0, 0.05) is 12.7 Å². The number of halogens is 1. The molecule has 58 valence electrons. The van der Waals surface area contributed by atoms with Gasteiger partial charge in [0.15, 0.2) is 0 Å². The van der Waals surface area contributed by atoms with E-state index in [0.29, 0.717) is 5.28 Å². The topological polar surface area (TPSA) is 37.8 Å². The molecule has 4 heteroatoms. The van der Waals surface area contributed by atoms with Gasteiger partial charge in [-0.15, -0.1) is 0 Å². The molecule has 0 saturated heterocycles. The molecule has 2 heterocycles. The summed E-state index contributed by atoms with van der Waals surface area (Å²) in [4.78, 5) is 8.02. The second kappa shape index (κ2) is 2.75. The maximum absolute atomic E-state index is 5.63. The Morgan fingerprint density at radius 2 is 2.45 bits per heavy atom. The molecule has 0 aliphatic carbocycles. The Labute approximate surface area is 69.8 Å². The monoisotopic (exact) mass is 169 g/mol. The lowest BCUT2D eigenvalue weighted by Gasteiger charge is -2.14. The number of nitrogens with one attached hydrogen (secondary N) is 1. The zero-order valence-electron chi connectivity index (χ0n) is 5.97. The van der Waals surface area contributed by atoms with E-state index in [1.54, 1.807) is 0 Å². The molecule has 0 radical (unpaired) electrons. The van der Waals surface area contributed by atoms with Crippen LogP contribution in [0.25, 0.3) is 0 Å². The van der Waals surface area contributed by atoms with Crippen molar-refractivity contribution < 1.29 is 0 Å². The summed E-state index contributed by atoms with van der Waals surface area (Å²) in [7, 11) is 0. The van der Waals surface area contributed by atoms with Crippen LogP contribution in [0.5, 0.6) is 0 Å². The zero-order chi connectivity index (χ0) is 7.68. The van der Waals surface area contributed by atoms with Crippen molar-refractivity contribution in [1.29, 1.82) is 0 Å². The van der Waals surface area contributed by atoms with Crippen molar-refractivity contribution in [2.24, 2.45) is 0 Å². The van der Waals surface area contributed by atoms with E-state index in [1.165, 1.54) is 5.56 Å². The molecule has 0 aromatic carbocycles. The summed E-state index contributed by atoms with van der Waals surface area (Å²) in [6.45, 7) is 1.83. The van der Waals surface area contributed by atoms with E-state index in [1.807, 2.05) is 6.20 Å². The molecular weight excluding hydrogens is 162 g/mol. The fraction of sp³-hybridized carbons (Fsp3) is 0.429. The minimum Gasteiger partial charge on any atom is -0.311 e. The van der Waals surface area contributed by atoms with Gasteiger partial charge in [-0.05, 0) is 30.1 Å². The van der Waals surface area contributed by atoms with Crippen molar-refractivity contribution in [1.82, 2.24) is 15.3 Å². The Morgan fingerprint density at radius 3 is 3.36 bits per heavy atom. The highest BCUT2D eigenvalue weighted by atomic mass is 35.5. The first kappa shape index (κ1) is 7.00. The predicted molar refractivity (Wildman–Crippen MR) is 42.5 cm³/mol. The fourth-order valence-electron chi connectivity index (χ4n) is 1.21. The van der Waals surface area contributed by atoms with Gasteiger partial charge in [0.05, 0.1) is 5.69 Å². The van der Waals surface area contributed by atoms with Gasteiger partial charge in [0.1, 0.15) is 0 Å². The van der Waals surface area contributed by atoms with Gasteiger partial charge < -0.3 is 5.32 Å². The zero-order valence-corrected chi connectivity index (χ0v) is 6.73. The summed E-state index contributed by atoms with van der Waals surface area (Å²) in [5.74, 6) is 0. The van der Waals surface area contributed by atoms with E-state index in [4.69, 9.17) is 11.6 Å². The number of nitrogens with zero attached hydrogens (tertiary/aromatic N) is 2. The molecule has 0 atom stereocenters. The van der Waals surface area contributed by atoms with E-state index in [9.17, 15) is 0 Å². The van der Waals surface area contributed by atoms with Gasteiger partial charge in [-0.25, -0.2) is 9.97 Å². The van der Waals surface area contributed by atoms with Gasteiger partial charge in [-0.2, -0.15) is 0 Å². The third-order valence-corrected chi connectivity index (χ3v) is 1.97. The molecule has 1 aliphatic rings. The summed E-state index contributed by atoms with van der Waals surface area (Å²) in [5, 5.41) is 3.56. The molecule has 1 N–H and O–H groups in total. The second-order valence-corrected chi connectivity index (χ2v) is 2.88. The number of hydrogen-bond acceptors (Lipinski definition) is 3. The molecule has 11 heavy (non-hydrogen) atoms. The quantitative estimate of drug-likeness (QED) is 0.584. The smallest absolute Gasteiger partial charge is 0.222 e. The molecule has 1 aromatic heterocycles. The van der Waals surface area contributed by atoms with Crippen LogP contribution in [0.4, 0.5) is 0 Å². The fourth-order valence-corrected chi connectivity index (χ4v) is 1.36. The highest BCUT2D eigenvalue weighted by molar-refractivity contribution is 6.28. The second-order valence-electron chi connectivity index (χ2n) is 2.54. The molecule has 0 fully saturated rings. The molecule has 0 amide bonds. The van der Waals surface area contributed by atoms with Gasteiger partial charge in [-0.3, -0.25) is 0 Å². The molecule has 0 spiro atoms. The first-order valence-corrected chi connectivity index (χ1v) is 3.95. The minimum atomic E-state index is 0.340. The van der Waals surface area contributed by atoms with E-state index < -0.39 is 0 Å². The molecule has 1 aromatic rings. The molecule has 3 nitrogen and oxygen atoms in total. The molecule has 2 rings (SSSR count). The van der Waals surface area contributed by atoms with Gasteiger partial charge in [-0.1, -0.05) is 0 Å². The van der Waals surface area contributed by atoms with Crippen LogP contribution >= 0.6 is 11.6 Å². The summed E-state index contributed by atoms with van der Waals surface area (Å²) >= 11 is 5.63. The lowest BCUT2D eigenvalue weighted by Crippen LogP contribution is -2.24. The summed E-state index contributed by atoms with van der Waals surface area (Å²) in [6, 6.07) is 0. The molecule has 0 unspecified atom stereocenters. The minimum absolute atomic E-state index is 0.340. The van der Waals surface area contributed by atoms with Gasteiger partial charge in [0.25, 0.3) is 0 Å². The Morgan fingerprint density at radius 1 is 1.55 bits per heavy atom. The van der Waals surface area contributed by atoms with Crippen molar-refractivity contribution in [3.63, 3.8) is 0 Å². The number of fused-ring (bicyclic) bond motifs is 1. The standard InChI is InChI=1S/C7H8ClN3/c8-7-10-3-5-1-2-9-4-6(5)11-7/h3,9H,1-2,4H2. The molecular formula is C7H8ClN3. The summed E-state index contributed by atoms with van der Waals surface area (Å²) in [5.41, 5.74) is 2.25. The average Bonchev–Trinajstić information content (AvgIpc) is 2.04. The van der Waals surface area contributed by atoms with E-state index in [0.717, 1.165) is 25.2 Å². The van der Waals surface area contributed by atoms with Crippen LogP contribution in [0.3, 0.4) is 0 Å². The third kappa shape index (κ3) is 1.34. The Kier molecular flexibility index (Phi) is 1.75. The lowest BCUT2D eigenvalue weighted by molar-refractivity contribution is 0.623. The van der Waals surface area contributed by atoms with Crippen LogP contribution in [-0.4, -0.2) is 16.5 Å². The highest BCUT2D eigenvalue weighted by Gasteiger charge is 2.09. The van der Waals surface area contributed by atoms with E-state index in [2.05, 4.69) is 15.3 Å². The van der Waals surface area contributed by atoms with Crippen LogP contribution in [0, 0.1) is 0 Å². The summed E-state index contributed by atoms with van der Waals surface area (Å²) in [6.07, 6.45) is 2.82. The van der Waals surface area contributed by atoms with Crippen molar-refractivity contribution in [3.8, 4) is 0 Å². The molecule has 0 saturated carbocycles. The van der Waals surface area contributed by atoms with Gasteiger partial charge in [0.2, 0.25) is 5.28 Å². The summed E-state index contributed by atoms with van der Waals surface area (Å²) < 4.78 is 0. The maximum Gasteiger partial charge on any atom is 0.222 e. The van der Waals surface area contributed by atoms with Crippen molar-refractivity contribution in [3.05, 3.63) is 22.7 Å². The number of aromatic nitrogens is 2.